The van der Waals surface area contributed by atoms with Crippen molar-refractivity contribution >= 4 is 17.7 Å². The van der Waals surface area contributed by atoms with E-state index in [1.165, 1.54) is 7.11 Å². The number of carbonyl (C=O) groups is 2. The molecule has 0 saturated carbocycles. The van der Waals surface area contributed by atoms with E-state index in [0.29, 0.717) is 16.8 Å². The summed E-state index contributed by atoms with van der Waals surface area (Å²) < 4.78 is 10.7. The van der Waals surface area contributed by atoms with Gasteiger partial charge in [0.1, 0.15) is 11.5 Å². The van der Waals surface area contributed by atoms with Gasteiger partial charge in [0.2, 0.25) is 0 Å². The first-order valence-corrected chi connectivity index (χ1v) is 7.99. The molecular weight excluding hydrogens is 324 g/mol. The summed E-state index contributed by atoms with van der Waals surface area (Å²) in [5.41, 5.74) is 0.927. The highest BCUT2D eigenvalue weighted by molar-refractivity contribution is 6.08. The van der Waals surface area contributed by atoms with Crippen molar-refractivity contribution in [1.82, 2.24) is 5.32 Å². The van der Waals surface area contributed by atoms with E-state index >= 15 is 0 Å². The van der Waals surface area contributed by atoms with Gasteiger partial charge >= 0.3 is 12.0 Å². The van der Waals surface area contributed by atoms with Crippen molar-refractivity contribution in [1.29, 1.82) is 0 Å². The molecule has 2 amide bonds. The predicted octanol–water partition coefficient (Wildman–Crippen LogP) is 2.89. The van der Waals surface area contributed by atoms with Crippen LogP contribution in [-0.4, -0.2) is 35.5 Å². The van der Waals surface area contributed by atoms with E-state index in [0.717, 1.165) is 0 Å². The van der Waals surface area contributed by atoms with Gasteiger partial charge < -0.3 is 19.9 Å². The highest BCUT2D eigenvalue weighted by Crippen LogP contribution is 2.36. The standard InChI is InChI=1S/C18H24N2O5/c1-9-7-11(8-12(24-6)15(9)21)14-13(10(2)19-17(23)20-14)16(22)25-18(3,4)5/h7-8,13-14,21H,1-6H3,(H,20,23). The predicted molar refractivity (Wildman–Crippen MR) is 93.1 cm³/mol. The second kappa shape index (κ2) is 6.74. The van der Waals surface area contributed by atoms with Crippen molar-refractivity contribution in [3.63, 3.8) is 0 Å². The number of amides is 2. The molecular formula is C18H24N2O5. The zero-order valence-electron chi connectivity index (χ0n) is 15.3. The largest absolute Gasteiger partial charge is 0.504 e. The zero-order chi connectivity index (χ0) is 18.9. The third-order valence-corrected chi connectivity index (χ3v) is 3.87. The third-order valence-electron chi connectivity index (χ3n) is 3.87. The Balaban J connectivity index is 2.49. The molecule has 0 aromatic heterocycles. The lowest BCUT2D eigenvalue weighted by Crippen LogP contribution is -2.45. The minimum atomic E-state index is -0.759. The first-order chi connectivity index (χ1) is 11.5. The lowest BCUT2D eigenvalue weighted by molar-refractivity contribution is -0.158. The number of rotatable bonds is 3. The Labute approximate surface area is 147 Å². The number of benzene rings is 1. The molecule has 1 heterocycles. The molecule has 0 saturated heterocycles. The van der Waals surface area contributed by atoms with Crippen molar-refractivity contribution in [3.8, 4) is 11.5 Å². The van der Waals surface area contributed by atoms with Crippen LogP contribution in [0.3, 0.4) is 0 Å². The number of esters is 1. The lowest BCUT2D eigenvalue weighted by atomic mass is 9.87. The van der Waals surface area contributed by atoms with E-state index in [2.05, 4.69) is 10.3 Å². The second-order valence-corrected chi connectivity index (χ2v) is 7.08. The van der Waals surface area contributed by atoms with Crippen LogP contribution in [0.25, 0.3) is 0 Å². The molecule has 0 radical (unpaired) electrons. The molecule has 0 aliphatic carbocycles. The number of methoxy groups -OCH3 is 1. The first-order valence-electron chi connectivity index (χ1n) is 7.99. The average Bonchev–Trinajstić information content (AvgIpc) is 2.47. The number of carbonyl (C=O) groups excluding carboxylic acids is 2. The van der Waals surface area contributed by atoms with Gasteiger partial charge in [-0.3, -0.25) is 4.79 Å². The molecule has 1 aliphatic rings. The number of hydrogen-bond donors (Lipinski definition) is 2. The molecule has 1 aliphatic heterocycles. The number of nitrogens with zero attached hydrogens (tertiary/aromatic N) is 1. The Kier molecular flexibility index (Phi) is 5.06. The fraction of sp³-hybridized carbons (Fsp3) is 0.500. The maximum atomic E-state index is 12.7. The highest BCUT2D eigenvalue weighted by Gasteiger charge is 2.39. The van der Waals surface area contributed by atoms with Crippen molar-refractivity contribution in [3.05, 3.63) is 23.3 Å². The average molecular weight is 348 g/mol. The molecule has 7 heteroatoms. The number of phenols is 1. The molecule has 2 N–H and O–H groups in total. The van der Waals surface area contributed by atoms with Crippen LogP contribution in [0.15, 0.2) is 17.1 Å². The van der Waals surface area contributed by atoms with Gasteiger partial charge in [0.15, 0.2) is 11.5 Å². The van der Waals surface area contributed by atoms with Crippen LogP contribution in [0.1, 0.15) is 44.9 Å². The van der Waals surface area contributed by atoms with E-state index in [1.807, 2.05) is 0 Å². The zero-order valence-corrected chi connectivity index (χ0v) is 15.3. The minimum Gasteiger partial charge on any atom is -0.504 e. The van der Waals surface area contributed by atoms with Crippen LogP contribution < -0.4 is 10.1 Å². The van der Waals surface area contributed by atoms with E-state index in [4.69, 9.17) is 9.47 Å². The number of aromatic hydroxyl groups is 1. The van der Waals surface area contributed by atoms with Gasteiger partial charge in [-0.1, -0.05) is 6.07 Å². The van der Waals surface area contributed by atoms with Crippen molar-refractivity contribution < 1.29 is 24.2 Å². The summed E-state index contributed by atoms with van der Waals surface area (Å²) in [6.45, 7) is 8.69. The number of aryl methyl sites for hydroxylation is 1. The normalized spacial score (nSPS) is 20.6. The van der Waals surface area contributed by atoms with Crippen LogP contribution in [0.2, 0.25) is 0 Å². The summed E-state index contributed by atoms with van der Waals surface area (Å²) >= 11 is 0. The molecule has 0 bridgehead atoms. The second-order valence-electron chi connectivity index (χ2n) is 7.08. The van der Waals surface area contributed by atoms with Gasteiger partial charge in [0, 0.05) is 5.71 Å². The maximum Gasteiger partial charge on any atom is 0.341 e. The summed E-state index contributed by atoms with van der Waals surface area (Å²) in [4.78, 5) is 28.4. The minimum absolute atomic E-state index is 0.0209. The summed E-state index contributed by atoms with van der Waals surface area (Å²) in [7, 11) is 1.44. The Morgan fingerprint density at radius 1 is 1.28 bits per heavy atom. The smallest absolute Gasteiger partial charge is 0.341 e. The summed E-state index contributed by atoms with van der Waals surface area (Å²) in [5, 5.41) is 12.7. The molecule has 1 aromatic rings. The number of phenolic OH excluding ortho intramolecular Hbond substituents is 1. The van der Waals surface area contributed by atoms with E-state index < -0.39 is 29.6 Å². The molecule has 2 atom stereocenters. The van der Waals surface area contributed by atoms with Crippen LogP contribution >= 0.6 is 0 Å². The van der Waals surface area contributed by atoms with E-state index in [-0.39, 0.29) is 11.5 Å². The van der Waals surface area contributed by atoms with Gasteiger partial charge in [-0.2, -0.15) is 0 Å². The van der Waals surface area contributed by atoms with Crippen LogP contribution in [0.5, 0.6) is 11.5 Å². The number of nitrogens with one attached hydrogen (secondary N) is 1. The van der Waals surface area contributed by atoms with E-state index in [9.17, 15) is 14.7 Å². The quantitative estimate of drug-likeness (QED) is 0.819. The summed E-state index contributed by atoms with van der Waals surface area (Å²) in [6, 6.07) is 2.13. The Morgan fingerprint density at radius 3 is 2.48 bits per heavy atom. The number of ether oxygens (including phenoxy) is 2. The summed E-state index contributed by atoms with van der Waals surface area (Å²) in [6.07, 6.45) is 0. The molecule has 7 nitrogen and oxygen atoms in total. The Hall–Kier alpha value is -2.57. The molecule has 25 heavy (non-hydrogen) atoms. The lowest BCUT2D eigenvalue weighted by Gasteiger charge is -2.32. The molecule has 0 fully saturated rings. The monoisotopic (exact) mass is 348 g/mol. The first kappa shape index (κ1) is 18.8. The van der Waals surface area contributed by atoms with Gasteiger partial charge in [-0.05, 0) is 51.8 Å². The van der Waals surface area contributed by atoms with Crippen LogP contribution in [0, 0.1) is 12.8 Å². The van der Waals surface area contributed by atoms with Gasteiger partial charge in [0.05, 0.1) is 13.2 Å². The topological polar surface area (TPSA) is 97.2 Å². The maximum absolute atomic E-state index is 12.7. The fourth-order valence-corrected chi connectivity index (χ4v) is 2.78. The molecule has 2 rings (SSSR count). The molecule has 2 unspecified atom stereocenters. The third kappa shape index (κ3) is 4.10. The number of urea groups is 1. The Bertz CT molecular complexity index is 734. The SMILES string of the molecule is COc1cc(C2NC(=O)N=C(C)C2C(=O)OC(C)(C)C)cc(C)c1O. The van der Waals surface area contributed by atoms with Crippen molar-refractivity contribution in [2.75, 3.05) is 7.11 Å². The number of aliphatic imine (C=N–C) groups is 1. The molecule has 1 aromatic carbocycles. The number of hydrogen-bond acceptors (Lipinski definition) is 5. The van der Waals surface area contributed by atoms with Crippen LogP contribution in [0.4, 0.5) is 4.79 Å². The van der Waals surface area contributed by atoms with Gasteiger partial charge in [0.25, 0.3) is 0 Å². The molecule has 0 spiro atoms. The highest BCUT2D eigenvalue weighted by atomic mass is 16.6. The summed E-state index contributed by atoms with van der Waals surface area (Å²) in [5.74, 6) is -0.936. The Morgan fingerprint density at radius 2 is 1.92 bits per heavy atom. The van der Waals surface area contributed by atoms with E-state index in [1.54, 1.807) is 46.8 Å². The van der Waals surface area contributed by atoms with Crippen LogP contribution in [-0.2, 0) is 9.53 Å². The van der Waals surface area contributed by atoms with Gasteiger partial charge in [-0.15, -0.1) is 0 Å². The fourth-order valence-electron chi connectivity index (χ4n) is 2.78. The molecule has 136 valence electrons. The van der Waals surface area contributed by atoms with Gasteiger partial charge in [-0.25, -0.2) is 9.79 Å². The van der Waals surface area contributed by atoms with Crippen molar-refractivity contribution in [2.24, 2.45) is 10.9 Å². The van der Waals surface area contributed by atoms with Crippen molar-refractivity contribution in [2.45, 2.75) is 46.3 Å².